The first-order valence-electron chi connectivity index (χ1n) is 6.17. The number of aliphatic hydroxyl groups excluding tert-OH is 1. The molecule has 0 aliphatic heterocycles. The molecule has 0 saturated heterocycles. The molecule has 0 aromatic rings. The van der Waals surface area contributed by atoms with Crippen molar-refractivity contribution in [3.63, 3.8) is 0 Å². The summed E-state index contributed by atoms with van der Waals surface area (Å²) in [6.45, 7) is 8.99. The van der Waals surface area contributed by atoms with E-state index >= 15 is 0 Å². The van der Waals surface area contributed by atoms with Crippen LogP contribution in [0, 0.1) is 17.3 Å². The summed E-state index contributed by atoms with van der Waals surface area (Å²) in [5, 5.41) is 10.3. The van der Waals surface area contributed by atoms with Gasteiger partial charge in [0.1, 0.15) is 0 Å². The quantitative estimate of drug-likeness (QED) is 0.734. The van der Waals surface area contributed by atoms with Crippen LogP contribution in [0.3, 0.4) is 0 Å². The summed E-state index contributed by atoms with van der Waals surface area (Å²) in [4.78, 5) is 0. The van der Waals surface area contributed by atoms with Crippen molar-refractivity contribution >= 4 is 0 Å². The maximum absolute atomic E-state index is 10.3. The predicted octanol–water partition coefficient (Wildman–Crippen LogP) is 3.61. The van der Waals surface area contributed by atoms with Crippen LogP contribution >= 0.6 is 0 Å². The van der Waals surface area contributed by atoms with E-state index in [-0.39, 0.29) is 6.10 Å². The lowest BCUT2D eigenvalue weighted by Gasteiger charge is -2.43. The van der Waals surface area contributed by atoms with Gasteiger partial charge in [-0.05, 0) is 30.1 Å². The first-order chi connectivity index (χ1) is 6.49. The molecule has 1 aliphatic carbocycles. The van der Waals surface area contributed by atoms with Crippen molar-refractivity contribution in [2.24, 2.45) is 17.3 Å². The Balaban J connectivity index is 2.64. The maximum Gasteiger partial charge on any atom is 0.0598 e. The zero-order valence-electron chi connectivity index (χ0n) is 10.2. The number of hydrogen-bond acceptors (Lipinski definition) is 1. The molecule has 1 nitrogen and oxygen atoms in total. The Hall–Kier alpha value is -0.0400. The second-order valence-corrected chi connectivity index (χ2v) is 5.72. The fourth-order valence-electron chi connectivity index (χ4n) is 2.79. The fraction of sp³-hybridized carbons (Fsp3) is 1.00. The van der Waals surface area contributed by atoms with Gasteiger partial charge in [0.05, 0.1) is 6.10 Å². The molecule has 0 heterocycles. The highest BCUT2D eigenvalue weighted by Crippen LogP contribution is 2.43. The zero-order chi connectivity index (χ0) is 10.8. The number of aliphatic hydroxyl groups is 1. The number of rotatable bonds is 3. The molecule has 1 rings (SSSR count). The first-order valence-corrected chi connectivity index (χ1v) is 6.17. The van der Waals surface area contributed by atoms with Crippen LogP contribution < -0.4 is 0 Å². The third kappa shape index (κ3) is 2.50. The lowest BCUT2D eigenvalue weighted by atomic mass is 9.64. The fourth-order valence-corrected chi connectivity index (χ4v) is 2.79. The topological polar surface area (TPSA) is 20.2 Å². The molecular formula is C13H26O. The van der Waals surface area contributed by atoms with Gasteiger partial charge in [-0.25, -0.2) is 0 Å². The van der Waals surface area contributed by atoms with Crippen molar-refractivity contribution in [2.45, 2.75) is 65.9 Å². The molecule has 0 spiro atoms. The molecule has 1 fully saturated rings. The standard InChI is InChI=1S/C13H26O/c1-5-10(2)12(14)11-8-6-7-9-13(11,3)4/h10-12,14H,5-9H2,1-4H3. The summed E-state index contributed by atoms with van der Waals surface area (Å²) in [5.74, 6) is 0.976. The third-order valence-electron chi connectivity index (χ3n) is 4.23. The molecule has 1 saturated carbocycles. The van der Waals surface area contributed by atoms with Gasteiger partial charge in [-0.2, -0.15) is 0 Å². The second kappa shape index (κ2) is 4.65. The molecule has 0 aromatic heterocycles. The normalized spacial score (nSPS) is 31.1. The molecule has 0 aromatic carbocycles. The van der Waals surface area contributed by atoms with E-state index < -0.39 is 0 Å². The largest absolute Gasteiger partial charge is 0.393 e. The van der Waals surface area contributed by atoms with E-state index in [4.69, 9.17) is 0 Å². The van der Waals surface area contributed by atoms with Gasteiger partial charge in [-0.1, -0.05) is 47.0 Å². The third-order valence-corrected chi connectivity index (χ3v) is 4.23. The molecule has 1 N–H and O–H groups in total. The van der Waals surface area contributed by atoms with Crippen molar-refractivity contribution in [3.8, 4) is 0 Å². The minimum absolute atomic E-state index is 0.0877. The van der Waals surface area contributed by atoms with Crippen molar-refractivity contribution in [1.82, 2.24) is 0 Å². The van der Waals surface area contributed by atoms with Gasteiger partial charge >= 0.3 is 0 Å². The lowest BCUT2D eigenvalue weighted by Crippen LogP contribution is -2.39. The van der Waals surface area contributed by atoms with Crippen LogP contribution in [0.2, 0.25) is 0 Å². The van der Waals surface area contributed by atoms with Crippen molar-refractivity contribution in [1.29, 1.82) is 0 Å². The van der Waals surface area contributed by atoms with Crippen LogP contribution in [0.1, 0.15) is 59.8 Å². The Morgan fingerprint density at radius 1 is 1.36 bits per heavy atom. The predicted molar refractivity (Wildman–Crippen MR) is 61.2 cm³/mol. The average molecular weight is 198 g/mol. The van der Waals surface area contributed by atoms with Crippen LogP contribution in [0.4, 0.5) is 0 Å². The van der Waals surface area contributed by atoms with E-state index in [1.54, 1.807) is 0 Å². The van der Waals surface area contributed by atoms with Crippen LogP contribution in [0.25, 0.3) is 0 Å². The second-order valence-electron chi connectivity index (χ2n) is 5.72. The first kappa shape index (κ1) is 12.0. The highest BCUT2D eigenvalue weighted by atomic mass is 16.3. The zero-order valence-corrected chi connectivity index (χ0v) is 10.2. The molecule has 3 atom stereocenters. The Kier molecular flexibility index (Phi) is 4.00. The molecule has 1 aliphatic rings. The SMILES string of the molecule is CCC(C)C(O)C1CCCCC1(C)C. The molecule has 0 bridgehead atoms. The van der Waals surface area contributed by atoms with Crippen molar-refractivity contribution in [2.75, 3.05) is 0 Å². The smallest absolute Gasteiger partial charge is 0.0598 e. The van der Waals surface area contributed by atoms with Gasteiger partial charge in [0.25, 0.3) is 0 Å². The Morgan fingerprint density at radius 2 is 2.00 bits per heavy atom. The van der Waals surface area contributed by atoms with E-state index in [0.29, 0.717) is 17.3 Å². The highest BCUT2D eigenvalue weighted by molar-refractivity contribution is 4.88. The van der Waals surface area contributed by atoms with Crippen LogP contribution in [-0.4, -0.2) is 11.2 Å². The van der Waals surface area contributed by atoms with Gasteiger partial charge in [0.2, 0.25) is 0 Å². The van der Waals surface area contributed by atoms with Crippen LogP contribution in [0.15, 0.2) is 0 Å². The van der Waals surface area contributed by atoms with Gasteiger partial charge in [0, 0.05) is 0 Å². The van der Waals surface area contributed by atoms with E-state index in [1.165, 1.54) is 25.7 Å². The Bertz CT molecular complexity index is 174. The van der Waals surface area contributed by atoms with Gasteiger partial charge < -0.3 is 5.11 Å². The minimum Gasteiger partial charge on any atom is -0.393 e. The Labute approximate surface area is 88.9 Å². The van der Waals surface area contributed by atoms with E-state index in [2.05, 4.69) is 27.7 Å². The van der Waals surface area contributed by atoms with Gasteiger partial charge in [-0.15, -0.1) is 0 Å². The highest BCUT2D eigenvalue weighted by Gasteiger charge is 2.38. The molecule has 0 radical (unpaired) electrons. The summed E-state index contributed by atoms with van der Waals surface area (Å²) >= 11 is 0. The summed E-state index contributed by atoms with van der Waals surface area (Å²) in [7, 11) is 0. The van der Waals surface area contributed by atoms with Gasteiger partial charge in [-0.3, -0.25) is 0 Å². The lowest BCUT2D eigenvalue weighted by molar-refractivity contribution is -0.0253. The molecule has 14 heavy (non-hydrogen) atoms. The monoisotopic (exact) mass is 198 g/mol. The number of hydrogen-bond donors (Lipinski definition) is 1. The molecule has 0 amide bonds. The minimum atomic E-state index is -0.0877. The molecule has 1 heteroatoms. The molecule has 84 valence electrons. The van der Waals surface area contributed by atoms with Crippen LogP contribution in [-0.2, 0) is 0 Å². The van der Waals surface area contributed by atoms with Crippen LogP contribution in [0.5, 0.6) is 0 Å². The molecular weight excluding hydrogens is 172 g/mol. The van der Waals surface area contributed by atoms with E-state index in [9.17, 15) is 5.11 Å². The summed E-state index contributed by atoms with van der Waals surface area (Å²) < 4.78 is 0. The van der Waals surface area contributed by atoms with Crippen molar-refractivity contribution < 1.29 is 5.11 Å². The molecule has 3 unspecified atom stereocenters. The Morgan fingerprint density at radius 3 is 2.50 bits per heavy atom. The summed E-state index contributed by atoms with van der Waals surface area (Å²) in [5.41, 5.74) is 0.348. The van der Waals surface area contributed by atoms with E-state index in [0.717, 1.165) is 6.42 Å². The summed E-state index contributed by atoms with van der Waals surface area (Å²) in [6.07, 6.45) is 6.16. The maximum atomic E-state index is 10.3. The van der Waals surface area contributed by atoms with E-state index in [1.807, 2.05) is 0 Å². The van der Waals surface area contributed by atoms with Gasteiger partial charge in [0.15, 0.2) is 0 Å². The van der Waals surface area contributed by atoms with Crippen molar-refractivity contribution in [3.05, 3.63) is 0 Å². The summed E-state index contributed by atoms with van der Waals surface area (Å²) in [6, 6.07) is 0. The average Bonchev–Trinajstić information content (AvgIpc) is 2.15.